The van der Waals surface area contributed by atoms with Crippen molar-refractivity contribution in [1.82, 2.24) is 0 Å². The van der Waals surface area contributed by atoms with E-state index in [0.717, 1.165) is 0 Å². The molecule has 0 aliphatic rings. The maximum atomic E-state index is 11.9. The summed E-state index contributed by atoms with van der Waals surface area (Å²) in [6, 6.07) is 5.43. The van der Waals surface area contributed by atoms with E-state index in [4.69, 9.17) is 18.6 Å². The van der Waals surface area contributed by atoms with Crippen LogP contribution in [0, 0.1) is 0 Å². The first-order chi connectivity index (χ1) is 11.8. The number of esters is 1. The first kappa shape index (κ1) is 18.3. The fourth-order valence-electron chi connectivity index (χ4n) is 1.78. The topological polar surface area (TPSA) is 92.0 Å². The molecule has 0 saturated carbocycles. The Bertz CT molecular complexity index is 879. The van der Waals surface area contributed by atoms with Gasteiger partial charge in [-0.15, -0.1) is 0 Å². The van der Waals surface area contributed by atoms with E-state index in [-0.39, 0.29) is 28.8 Å². The fraction of sp³-hybridized carbons (Fsp3) is 0.278. The number of hydrogen-bond acceptors (Lipinski definition) is 7. The number of fused-ring (bicyclic) bond motifs is 1. The van der Waals surface area contributed by atoms with Crippen molar-refractivity contribution in [2.75, 3.05) is 0 Å². The molecule has 0 bridgehead atoms. The van der Waals surface area contributed by atoms with Crippen molar-refractivity contribution >= 4 is 23.1 Å². The summed E-state index contributed by atoms with van der Waals surface area (Å²) in [5.74, 6) is -0.835. The van der Waals surface area contributed by atoms with Crippen LogP contribution in [-0.2, 0) is 9.53 Å². The summed E-state index contributed by atoms with van der Waals surface area (Å²) in [4.78, 5) is 35.0. The molecular formula is C18H18O7. The molecule has 1 unspecified atom stereocenters. The van der Waals surface area contributed by atoms with Gasteiger partial charge in [-0.2, -0.15) is 0 Å². The van der Waals surface area contributed by atoms with Crippen LogP contribution in [0.5, 0.6) is 11.5 Å². The lowest BCUT2D eigenvalue weighted by molar-refractivity contribution is -0.130. The smallest absolute Gasteiger partial charge is 0.431 e. The van der Waals surface area contributed by atoms with Crippen molar-refractivity contribution in [3.05, 3.63) is 46.8 Å². The molecule has 0 N–H and O–H groups in total. The molecule has 1 aromatic carbocycles. The third-order valence-electron chi connectivity index (χ3n) is 3.30. The molecule has 25 heavy (non-hydrogen) atoms. The zero-order chi connectivity index (χ0) is 18.6. The summed E-state index contributed by atoms with van der Waals surface area (Å²) in [6.45, 7) is 8.54. The van der Waals surface area contributed by atoms with Gasteiger partial charge in [0.15, 0.2) is 11.5 Å². The SMILES string of the molecule is C=C(C)C(=O)Oc1cc2oc(=O)ccc2cc1OC(=O)OC(C)CC. The highest BCUT2D eigenvalue weighted by atomic mass is 16.7. The van der Waals surface area contributed by atoms with E-state index in [9.17, 15) is 14.4 Å². The molecule has 7 heteroatoms. The zero-order valence-electron chi connectivity index (χ0n) is 14.2. The summed E-state index contributed by atoms with van der Waals surface area (Å²) in [7, 11) is 0. The van der Waals surface area contributed by atoms with Gasteiger partial charge in [-0.25, -0.2) is 14.4 Å². The molecule has 0 aliphatic carbocycles. The minimum atomic E-state index is -0.932. The molecule has 7 nitrogen and oxygen atoms in total. The predicted octanol–water partition coefficient (Wildman–Crippen LogP) is 3.59. The third-order valence-corrected chi connectivity index (χ3v) is 3.30. The molecule has 0 amide bonds. The van der Waals surface area contributed by atoms with Crippen LogP contribution < -0.4 is 15.1 Å². The maximum Gasteiger partial charge on any atom is 0.514 e. The van der Waals surface area contributed by atoms with E-state index in [1.54, 1.807) is 6.92 Å². The number of benzene rings is 1. The van der Waals surface area contributed by atoms with Gasteiger partial charge < -0.3 is 18.6 Å². The highest BCUT2D eigenvalue weighted by molar-refractivity contribution is 5.90. The maximum absolute atomic E-state index is 11.9. The average Bonchev–Trinajstić information content (AvgIpc) is 2.55. The lowest BCUT2D eigenvalue weighted by atomic mass is 10.2. The number of hydrogen-bond donors (Lipinski definition) is 0. The Kier molecular flexibility index (Phi) is 5.59. The molecule has 0 radical (unpaired) electrons. The van der Waals surface area contributed by atoms with Gasteiger partial charge in [-0.05, 0) is 32.4 Å². The summed E-state index contributed by atoms with van der Waals surface area (Å²) >= 11 is 0. The molecule has 0 spiro atoms. The van der Waals surface area contributed by atoms with Gasteiger partial charge >= 0.3 is 17.8 Å². The molecule has 132 valence electrons. The average molecular weight is 346 g/mol. The highest BCUT2D eigenvalue weighted by Gasteiger charge is 2.18. The van der Waals surface area contributed by atoms with Crippen LogP contribution in [0.3, 0.4) is 0 Å². The van der Waals surface area contributed by atoms with Gasteiger partial charge in [0.1, 0.15) is 11.7 Å². The Morgan fingerprint density at radius 3 is 2.52 bits per heavy atom. The van der Waals surface area contributed by atoms with Crippen LogP contribution in [0.1, 0.15) is 27.2 Å². The second-order valence-corrected chi connectivity index (χ2v) is 5.45. The second kappa shape index (κ2) is 7.65. The largest absolute Gasteiger partial charge is 0.514 e. The van der Waals surface area contributed by atoms with Crippen LogP contribution in [0.2, 0.25) is 0 Å². The number of ether oxygens (including phenoxy) is 3. The minimum Gasteiger partial charge on any atom is -0.431 e. The van der Waals surface area contributed by atoms with Gasteiger partial charge in [0.2, 0.25) is 0 Å². The molecule has 2 aromatic rings. The van der Waals surface area contributed by atoms with Gasteiger partial charge in [0.25, 0.3) is 0 Å². The van der Waals surface area contributed by atoms with E-state index >= 15 is 0 Å². The van der Waals surface area contributed by atoms with E-state index in [1.165, 1.54) is 31.2 Å². The quantitative estimate of drug-likeness (QED) is 0.268. The number of carbonyl (C=O) groups excluding carboxylic acids is 2. The molecule has 0 aliphatic heterocycles. The first-order valence-corrected chi connectivity index (χ1v) is 7.64. The molecule has 2 rings (SSSR count). The Morgan fingerprint density at radius 1 is 1.20 bits per heavy atom. The van der Waals surface area contributed by atoms with Crippen molar-refractivity contribution in [1.29, 1.82) is 0 Å². The van der Waals surface area contributed by atoms with Crippen molar-refractivity contribution in [3.63, 3.8) is 0 Å². The molecule has 0 fully saturated rings. The number of carbonyl (C=O) groups is 2. The van der Waals surface area contributed by atoms with Crippen LogP contribution in [0.4, 0.5) is 4.79 Å². The van der Waals surface area contributed by atoms with Crippen LogP contribution in [0.15, 0.2) is 45.6 Å². The van der Waals surface area contributed by atoms with E-state index < -0.39 is 17.8 Å². The van der Waals surface area contributed by atoms with E-state index in [2.05, 4.69) is 6.58 Å². The van der Waals surface area contributed by atoms with E-state index in [1.807, 2.05) is 6.92 Å². The van der Waals surface area contributed by atoms with Gasteiger partial charge in [-0.3, -0.25) is 0 Å². The Hall–Kier alpha value is -3.09. The van der Waals surface area contributed by atoms with Crippen molar-refractivity contribution in [3.8, 4) is 11.5 Å². The zero-order valence-corrected chi connectivity index (χ0v) is 14.2. The lowest BCUT2D eigenvalue weighted by Crippen LogP contribution is -2.18. The van der Waals surface area contributed by atoms with Crippen LogP contribution in [0.25, 0.3) is 11.0 Å². The Labute approximate surface area is 143 Å². The normalized spacial score (nSPS) is 11.6. The van der Waals surface area contributed by atoms with E-state index in [0.29, 0.717) is 11.8 Å². The summed E-state index contributed by atoms with van der Waals surface area (Å²) < 4.78 is 20.4. The molecule has 1 aromatic heterocycles. The lowest BCUT2D eigenvalue weighted by Gasteiger charge is -2.13. The molecular weight excluding hydrogens is 328 g/mol. The fourth-order valence-corrected chi connectivity index (χ4v) is 1.78. The third kappa shape index (κ3) is 4.69. The number of rotatable bonds is 5. The molecule has 0 saturated heterocycles. The van der Waals surface area contributed by atoms with Crippen molar-refractivity contribution in [2.24, 2.45) is 0 Å². The summed E-state index contributed by atoms with van der Waals surface area (Å²) in [6.07, 6.45) is -0.638. The van der Waals surface area contributed by atoms with Crippen LogP contribution >= 0.6 is 0 Å². The first-order valence-electron chi connectivity index (χ1n) is 7.64. The van der Waals surface area contributed by atoms with Gasteiger partial charge in [0.05, 0.1) is 0 Å². The summed E-state index contributed by atoms with van der Waals surface area (Å²) in [5, 5.41) is 0.487. The highest BCUT2D eigenvalue weighted by Crippen LogP contribution is 2.33. The Balaban J connectivity index is 2.42. The second-order valence-electron chi connectivity index (χ2n) is 5.45. The minimum absolute atomic E-state index is 0.0377. The standard InChI is InChI=1S/C18H18O7/c1-5-11(4)22-18(21)25-14-8-12-6-7-16(19)23-13(12)9-15(14)24-17(20)10(2)3/h6-9,11H,2,5H2,1,3-4H3. The van der Waals surface area contributed by atoms with Crippen molar-refractivity contribution in [2.45, 2.75) is 33.3 Å². The Morgan fingerprint density at radius 2 is 1.88 bits per heavy atom. The van der Waals surface area contributed by atoms with Crippen LogP contribution in [-0.4, -0.2) is 18.2 Å². The van der Waals surface area contributed by atoms with Crippen molar-refractivity contribution < 1.29 is 28.2 Å². The predicted molar refractivity (Wildman–Crippen MR) is 89.8 cm³/mol. The van der Waals surface area contributed by atoms with Gasteiger partial charge in [-0.1, -0.05) is 13.5 Å². The van der Waals surface area contributed by atoms with Gasteiger partial charge in [0, 0.05) is 23.1 Å². The summed E-state index contributed by atoms with van der Waals surface area (Å²) in [5.41, 5.74) is -0.225. The molecule has 1 atom stereocenters. The molecule has 1 heterocycles. The monoisotopic (exact) mass is 346 g/mol.